The van der Waals surface area contributed by atoms with Gasteiger partial charge in [0.05, 0.1) is 38.8 Å². The van der Waals surface area contributed by atoms with Crippen molar-refractivity contribution in [2.75, 3.05) is 104 Å². The lowest BCUT2D eigenvalue weighted by Crippen LogP contribution is -2.31. The maximum Gasteiger partial charge on any atom is 0.331 e. The molecule has 53 heavy (non-hydrogen) atoms. The van der Waals surface area contributed by atoms with Crippen molar-refractivity contribution >= 4 is 15.2 Å². The molecule has 0 saturated carbocycles. The van der Waals surface area contributed by atoms with Crippen LogP contribution in [-0.2, 0) is 27.2 Å². The zero-order chi connectivity index (χ0) is 39.1. The van der Waals surface area contributed by atoms with Gasteiger partial charge < -0.3 is 50.8 Å². The van der Waals surface area contributed by atoms with Crippen LogP contribution in [0.2, 0.25) is 0 Å². The van der Waals surface area contributed by atoms with E-state index < -0.39 is 15.2 Å². The van der Waals surface area contributed by atoms with E-state index in [9.17, 15) is 9.13 Å². The standard InChI is InChI=1S/C39H84N6O6P2/c1-3-5-7-9-11-13-16-34-48-52(46,38-32-44(28-20-24-40)29-21-25-41)50-36-18-15-19-37-51-53(47,49-35-17-14-12-10-8-6-4-2)39-33-45(30-22-26-42)31-23-27-43/h11-14H,3-10,15-43H2,1-2H3/b13-11-,14-12-. The Labute approximate surface area is 325 Å². The second-order valence-electron chi connectivity index (χ2n) is 13.8. The third-order valence-corrected chi connectivity index (χ3v) is 12.7. The third kappa shape index (κ3) is 33.4. The zero-order valence-electron chi connectivity index (χ0n) is 34.2. The van der Waals surface area contributed by atoms with E-state index >= 15 is 0 Å². The number of nitrogens with zero attached hydrogens (tertiary/aromatic N) is 2. The molecule has 0 rings (SSSR count). The van der Waals surface area contributed by atoms with Crippen LogP contribution in [-0.4, -0.2) is 114 Å². The van der Waals surface area contributed by atoms with E-state index in [1.807, 2.05) is 0 Å². The molecule has 0 aromatic carbocycles. The fourth-order valence-electron chi connectivity index (χ4n) is 5.59. The Kier molecular flexibility index (Phi) is 38.1. The van der Waals surface area contributed by atoms with E-state index in [0.29, 0.717) is 104 Å². The van der Waals surface area contributed by atoms with Gasteiger partial charge in [-0.25, -0.2) is 0 Å². The molecule has 0 aliphatic heterocycles. The predicted octanol–water partition coefficient (Wildman–Crippen LogP) is 7.66. The summed E-state index contributed by atoms with van der Waals surface area (Å²) in [5, 5.41) is 0. The van der Waals surface area contributed by atoms with E-state index in [0.717, 1.165) is 71.1 Å². The molecule has 0 aromatic rings. The van der Waals surface area contributed by atoms with Gasteiger partial charge in [-0.15, -0.1) is 0 Å². The molecule has 0 saturated heterocycles. The maximum atomic E-state index is 13.9. The lowest BCUT2D eigenvalue weighted by Gasteiger charge is -2.25. The van der Waals surface area contributed by atoms with Crippen LogP contribution < -0.4 is 22.9 Å². The molecule has 2 unspecified atom stereocenters. The average Bonchev–Trinajstić information content (AvgIpc) is 3.16. The Morgan fingerprint density at radius 1 is 0.415 bits per heavy atom. The molecule has 8 N–H and O–H groups in total. The van der Waals surface area contributed by atoms with Crippen molar-refractivity contribution in [2.45, 2.75) is 123 Å². The summed E-state index contributed by atoms with van der Waals surface area (Å²) in [7, 11) is -6.62. The van der Waals surface area contributed by atoms with Crippen LogP contribution in [0.1, 0.15) is 123 Å². The minimum atomic E-state index is -3.31. The fraction of sp³-hybridized carbons (Fsp3) is 0.897. The van der Waals surface area contributed by atoms with Crippen LogP contribution in [0.5, 0.6) is 0 Å². The average molecular weight is 795 g/mol. The van der Waals surface area contributed by atoms with Gasteiger partial charge >= 0.3 is 15.2 Å². The second-order valence-corrected chi connectivity index (χ2v) is 18.2. The number of unbranched alkanes of at least 4 members (excludes halogenated alkanes) is 8. The topological polar surface area (TPSA) is 182 Å². The largest absolute Gasteiger partial charge is 0.331 e. The van der Waals surface area contributed by atoms with E-state index in [-0.39, 0.29) is 0 Å². The quantitative estimate of drug-likeness (QED) is 0.0270. The number of hydrogen-bond donors (Lipinski definition) is 4. The minimum absolute atomic E-state index is 0.325. The molecule has 0 spiro atoms. The molecule has 0 bridgehead atoms. The van der Waals surface area contributed by atoms with Gasteiger partial charge in [-0.3, -0.25) is 9.13 Å². The van der Waals surface area contributed by atoms with Gasteiger partial charge in [0.2, 0.25) is 0 Å². The lowest BCUT2D eigenvalue weighted by molar-refractivity contribution is 0.188. The Hall–Kier alpha value is -0.460. The zero-order valence-corrected chi connectivity index (χ0v) is 36.0. The van der Waals surface area contributed by atoms with Gasteiger partial charge in [0, 0.05) is 13.1 Å². The highest BCUT2D eigenvalue weighted by molar-refractivity contribution is 7.54. The molecule has 14 heteroatoms. The third-order valence-electron chi connectivity index (χ3n) is 8.89. The molecule has 0 amide bonds. The summed E-state index contributed by atoms with van der Waals surface area (Å²) in [6, 6.07) is 0. The summed E-state index contributed by atoms with van der Waals surface area (Å²) in [5.41, 5.74) is 23.0. The first-order valence-electron chi connectivity index (χ1n) is 21.1. The molecule has 0 heterocycles. The van der Waals surface area contributed by atoms with E-state index in [1.165, 1.54) is 38.5 Å². The Balaban J connectivity index is 5.12. The SMILES string of the molecule is CCCCC/C=C\CCOP(=O)(CCN(CCCN)CCCN)OCCCCCOP(=O)(CCN(CCCN)CCCN)OCC/C=C\CCCCC. The fourth-order valence-corrected chi connectivity index (χ4v) is 8.90. The van der Waals surface area contributed by atoms with Crippen LogP contribution in [0.4, 0.5) is 0 Å². The first-order valence-corrected chi connectivity index (χ1v) is 24.6. The molecular weight excluding hydrogens is 710 g/mol. The summed E-state index contributed by atoms with van der Waals surface area (Å²) in [6.45, 7) is 12.8. The Bertz CT molecular complexity index is 860. The molecule has 0 aliphatic rings. The predicted molar refractivity (Wildman–Crippen MR) is 226 cm³/mol. The summed E-state index contributed by atoms with van der Waals surface area (Å²) >= 11 is 0. The van der Waals surface area contributed by atoms with E-state index in [4.69, 9.17) is 41.0 Å². The van der Waals surface area contributed by atoms with Crippen LogP contribution in [0.25, 0.3) is 0 Å². The summed E-state index contributed by atoms with van der Waals surface area (Å²) < 4.78 is 51.7. The monoisotopic (exact) mass is 795 g/mol. The maximum absolute atomic E-state index is 13.9. The Morgan fingerprint density at radius 2 is 0.755 bits per heavy atom. The highest BCUT2D eigenvalue weighted by atomic mass is 31.2. The smallest absolute Gasteiger partial charge is 0.330 e. The summed E-state index contributed by atoms with van der Waals surface area (Å²) in [6.07, 6.45) is 25.7. The second kappa shape index (κ2) is 38.4. The normalized spacial score (nSPS) is 14.6. The molecule has 12 nitrogen and oxygen atoms in total. The minimum Gasteiger partial charge on any atom is -0.330 e. The molecule has 0 aliphatic carbocycles. The number of hydrogen-bond acceptors (Lipinski definition) is 12. The number of rotatable bonds is 42. The van der Waals surface area contributed by atoms with Gasteiger partial charge in [0.15, 0.2) is 0 Å². The highest BCUT2D eigenvalue weighted by Gasteiger charge is 2.27. The van der Waals surface area contributed by atoms with Gasteiger partial charge in [0.1, 0.15) is 0 Å². The summed E-state index contributed by atoms with van der Waals surface area (Å²) in [4.78, 5) is 4.51. The van der Waals surface area contributed by atoms with Gasteiger partial charge in [-0.2, -0.15) is 0 Å². The van der Waals surface area contributed by atoms with Crippen molar-refractivity contribution in [2.24, 2.45) is 22.9 Å². The summed E-state index contributed by atoms with van der Waals surface area (Å²) in [5.74, 6) is 0. The van der Waals surface area contributed by atoms with Gasteiger partial charge in [-0.1, -0.05) is 63.8 Å². The van der Waals surface area contributed by atoms with Crippen molar-refractivity contribution < 1.29 is 27.2 Å². The van der Waals surface area contributed by atoms with Crippen LogP contribution in [0.15, 0.2) is 24.3 Å². The molecule has 316 valence electrons. The molecule has 0 fully saturated rings. The van der Waals surface area contributed by atoms with Crippen molar-refractivity contribution in [1.82, 2.24) is 9.80 Å². The molecule has 0 aromatic heterocycles. The van der Waals surface area contributed by atoms with Crippen molar-refractivity contribution in [3.8, 4) is 0 Å². The van der Waals surface area contributed by atoms with Crippen LogP contribution in [0, 0.1) is 0 Å². The van der Waals surface area contributed by atoms with Gasteiger partial charge in [0.25, 0.3) is 0 Å². The van der Waals surface area contributed by atoms with Gasteiger partial charge in [-0.05, 0) is 136 Å². The number of nitrogens with two attached hydrogens (primary N) is 4. The van der Waals surface area contributed by atoms with Crippen molar-refractivity contribution in [3.05, 3.63) is 24.3 Å². The van der Waals surface area contributed by atoms with Crippen LogP contribution >= 0.6 is 15.2 Å². The molecular formula is C39H84N6O6P2. The van der Waals surface area contributed by atoms with Crippen molar-refractivity contribution in [3.63, 3.8) is 0 Å². The molecule has 2 atom stereocenters. The Morgan fingerprint density at radius 3 is 1.09 bits per heavy atom. The van der Waals surface area contributed by atoms with Crippen molar-refractivity contribution in [1.29, 1.82) is 0 Å². The molecule has 0 radical (unpaired) electrons. The van der Waals surface area contributed by atoms with Crippen LogP contribution in [0.3, 0.4) is 0 Å². The first-order chi connectivity index (χ1) is 25.8. The van der Waals surface area contributed by atoms with E-state index in [2.05, 4.69) is 48.0 Å². The highest BCUT2D eigenvalue weighted by Crippen LogP contribution is 2.49. The van der Waals surface area contributed by atoms with E-state index in [1.54, 1.807) is 0 Å². The number of allylic oxidation sites excluding steroid dienone is 2. The first kappa shape index (κ1) is 52.5. The lowest BCUT2D eigenvalue weighted by atomic mass is 10.2.